The van der Waals surface area contributed by atoms with Gasteiger partial charge in [-0.05, 0) is 19.9 Å². The van der Waals surface area contributed by atoms with Gasteiger partial charge in [0.15, 0.2) is 6.39 Å². The maximum Gasteiger partial charge on any atom is 0.292 e. The summed E-state index contributed by atoms with van der Waals surface area (Å²) in [5.41, 5.74) is 4.23. The summed E-state index contributed by atoms with van der Waals surface area (Å²) in [5.74, 6) is 0.783. The third kappa shape index (κ3) is 2.31. The average Bonchev–Trinajstić information content (AvgIpc) is 3.39. The third-order valence-electron chi connectivity index (χ3n) is 5.25. The first-order valence-corrected chi connectivity index (χ1v) is 8.86. The zero-order chi connectivity index (χ0) is 18.5. The van der Waals surface area contributed by atoms with Crippen molar-refractivity contribution in [2.45, 2.75) is 26.3 Å². The van der Waals surface area contributed by atoms with Crippen LogP contribution in [-0.4, -0.2) is 32.3 Å². The summed E-state index contributed by atoms with van der Waals surface area (Å²) < 4.78 is 11.6. The summed E-state index contributed by atoms with van der Waals surface area (Å²) in [5, 5.41) is 1.04. The molecule has 0 bridgehead atoms. The van der Waals surface area contributed by atoms with Crippen molar-refractivity contribution in [2.24, 2.45) is 0 Å². The molecule has 0 unspecified atom stereocenters. The van der Waals surface area contributed by atoms with Crippen molar-refractivity contribution in [1.29, 1.82) is 0 Å². The van der Waals surface area contributed by atoms with E-state index in [1.807, 2.05) is 31.2 Å². The van der Waals surface area contributed by atoms with Crippen molar-refractivity contribution in [3.05, 3.63) is 71.2 Å². The molecule has 5 rings (SSSR count). The van der Waals surface area contributed by atoms with Gasteiger partial charge in [-0.15, -0.1) is 0 Å². The van der Waals surface area contributed by atoms with Gasteiger partial charge in [-0.2, -0.15) is 0 Å². The van der Waals surface area contributed by atoms with Gasteiger partial charge in [0.1, 0.15) is 17.4 Å². The Morgan fingerprint density at radius 2 is 2.11 bits per heavy atom. The van der Waals surface area contributed by atoms with Crippen LogP contribution in [0.4, 0.5) is 0 Å². The number of amides is 1. The van der Waals surface area contributed by atoms with Crippen LogP contribution in [0.25, 0.3) is 11.0 Å². The van der Waals surface area contributed by atoms with Gasteiger partial charge >= 0.3 is 0 Å². The largest absolute Gasteiger partial charge is 0.458 e. The number of oxazole rings is 1. The first-order chi connectivity index (χ1) is 13.1. The molecule has 1 amide bonds. The molecule has 0 radical (unpaired) electrons. The van der Waals surface area contributed by atoms with Crippen molar-refractivity contribution in [3.8, 4) is 0 Å². The summed E-state index contributed by atoms with van der Waals surface area (Å²) in [6.45, 7) is 4.32. The van der Waals surface area contributed by atoms with Crippen LogP contribution in [0.5, 0.6) is 0 Å². The van der Waals surface area contributed by atoms with Crippen LogP contribution < -0.4 is 0 Å². The molecule has 0 spiro atoms. The summed E-state index contributed by atoms with van der Waals surface area (Å²) in [6.07, 6.45) is 3.67. The zero-order valence-electron chi connectivity index (χ0n) is 15.0. The molecule has 1 aromatic carbocycles. The number of aromatic nitrogens is 3. The first kappa shape index (κ1) is 15.9. The quantitative estimate of drug-likeness (QED) is 0.589. The van der Waals surface area contributed by atoms with Gasteiger partial charge in [-0.3, -0.25) is 4.79 Å². The molecule has 7 nitrogen and oxygen atoms in total. The number of carbonyl (C=O) groups is 1. The molecule has 27 heavy (non-hydrogen) atoms. The zero-order valence-corrected chi connectivity index (χ0v) is 15.0. The second kappa shape index (κ2) is 5.84. The minimum atomic E-state index is -0.413. The highest BCUT2D eigenvalue weighted by Crippen LogP contribution is 2.39. The minimum absolute atomic E-state index is 0.205. The average molecular weight is 362 g/mol. The number of H-pyrrole nitrogens is 1. The Morgan fingerprint density at radius 3 is 2.89 bits per heavy atom. The van der Waals surface area contributed by atoms with E-state index in [9.17, 15) is 4.79 Å². The van der Waals surface area contributed by atoms with E-state index in [4.69, 9.17) is 8.83 Å². The highest BCUT2D eigenvalue weighted by atomic mass is 16.4. The Bertz CT molecular complexity index is 1150. The van der Waals surface area contributed by atoms with Gasteiger partial charge in [-0.1, -0.05) is 18.2 Å². The van der Waals surface area contributed by atoms with E-state index >= 15 is 0 Å². The SMILES string of the molecule is Cc1ncoc1C(=O)N1CCc2[nH]cnc2[C@H]1c1oc2ccccc2c1C. The van der Waals surface area contributed by atoms with E-state index in [0.717, 1.165) is 33.7 Å². The lowest BCUT2D eigenvalue weighted by Gasteiger charge is -2.33. The molecule has 7 heteroatoms. The number of fused-ring (bicyclic) bond motifs is 2. The Balaban J connectivity index is 1.68. The van der Waals surface area contributed by atoms with Crippen molar-refractivity contribution in [1.82, 2.24) is 19.9 Å². The van der Waals surface area contributed by atoms with Crippen LogP contribution in [-0.2, 0) is 6.42 Å². The summed E-state index contributed by atoms with van der Waals surface area (Å²) in [4.78, 5) is 26.8. The summed E-state index contributed by atoms with van der Waals surface area (Å²) in [7, 11) is 0. The first-order valence-electron chi connectivity index (χ1n) is 8.86. The number of hydrogen-bond acceptors (Lipinski definition) is 5. The number of hydrogen-bond donors (Lipinski definition) is 1. The van der Waals surface area contributed by atoms with Gasteiger partial charge in [0.05, 0.1) is 17.7 Å². The molecule has 4 heterocycles. The Kier molecular flexibility index (Phi) is 3.43. The van der Waals surface area contributed by atoms with Gasteiger partial charge in [0.2, 0.25) is 5.76 Å². The molecular weight excluding hydrogens is 344 g/mol. The van der Waals surface area contributed by atoms with Gasteiger partial charge < -0.3 is 18.7 Å². The lowest BCUT2D eigenvalue weighted by molar-refractivity contribution is 0.0638. The maximum absolute atomic E-state index is 13.2. The maximum atomic E-state index is 13.2. The van der Waals surface area contributed by atoms with Crippen LogP contribution in [0.1, 0.15) is 45.0 Å². The number of aromatic amines is 1. The Morgan fingerprint density at radius 1 is 1.26 bits per heavy atom. The van der Waals surface area contributed by atoms with E-state index in [1.54, 1.807) is 18.2 Å². The number of imidazole rings is 1. The molecule has 1 atom stereocenters. The summed E-state index contributed by atoms with van der Waals surface area (Å²) in [6, 6.07) is 7.47. The van der Waals surface area contributed by atoms with E-state index in [-0.39, 0.29) is 11.7 Å². The second-order valence-corrected chi connectivity index (χ2v) is 6.77. The molecule has 1 aliphatic heterocycles. The lowest BCUT2D eigenvalue weighted by atomic mass is 9.97. The Hall–Kier alpha value is -3.35. The molecule has 0 saturated heterocycles. The molecule has 3 aromatic heterocycles. The van der Waals surface area contributed by atoms with Gasteiger partial charge in [0, 0.05) is 29.6 Å². The monoisotopic (exact) mass is 362 g/mol. The number of carbonyl (C=O) groups excluding carboxylic acids is 1. The molecule has 136 valence electrons. The van der Waals surface area contributed by atoms with E-state index in [1.165, 1.54) is 6.39 Å². The van der Waals surface area contributed by atoms with Crippen LogP contribution in [0.2, 0.25) is 0 Å². The van der Waals surface area contributed by atoms with Crippen LogP contribution in [0.15, 0.2) is 45.8 Å². The molecular formula is C20H18N4O3. The third-order valence-corrected chi connectivity index (χ3v) is 5.25. The van der Waals surface area contributed by atoms with Crippen LogP contribution >= 0.6 is 0 Å². The molecule has 1 N–H and O–H groups in total. The lowest BCUT2D eigenvalue weighted by Crippen LogP contribution is -2.41. The number of rotatable bonds is 2. The van der Waals surface area contributed by atoms with Crippen molar-refractivity contribution >= 4 is 16.9 Å². The highest BCUT2D eigenvalue weighted by molar-refractivity contribution is 5.93. The predicted molar refractivity (Wildman–Crippen MR) is 97.4 cm³/mol. The van der Waals surface area contributed by atoms with Crippen molar-refractivity contribution < 1.29 is 13.6 Å². The van der Waals surface area contributed by atoms with Crippen molar-refractivity contribution in [3.63, 3.8) is 0 Å². The van der Waals surface area contributed by atoms with Crippen LogP contribution in [0, 0.1) is 13.8 Å². The fraction of sp³-hybridized carbons (Fsp3) is 0.250. The van der Waals surface area contributed by atoms with Crippen LogP contribution in [0.3, 0.4) is 0 Å². The molecule has 4 aromatic rings. The number of furan rings is 1. The van der Waals surface area contributed by atoms with Crippen molar-refractivity contribution in [2.75, 3.05) is 6.54 Å². The normalized spacial score (nSPS) is 16.7. The smallest absolute Gasteiger partial charge is 0.292 e. The molecule has 0 aliphatic carbocycles. The fourth-order valence-corrected chi connectivity index (χ4v) is 3.85. The predicted octanol–water partition coefficient (Wildman–Crippen LogP) is 3.55. The van der Waals surface area contributed by atoms with E-state index in [2.05, 4.69) is 15.0 Å². The molecule has 0 saturated carbocycles. The number of nitrogens with one attached hydrogen (secondary N) is 1. The molecule has 0 fully saturated rings. The standard InChI is InChI=1S/C20H18N4O3/c1-11-13-5-3-4-6-15(13)27-18(11)17-16-14(21-9-22-16)7-8-24(17)20(25)19-12(2)23-10-26-19/h3-6,9-10,17H,7-8H2,1-2H3,(H,21,22)/t17-/m0/s1. The summed E-state index contributed by atoms with van der Waals surface area (Å²) >= 11 is 0. The number of aryl methyl sites for hydroxylation is 2. The van der Waals surface area contributed by atoms with Gasteiger partial charge in [0.25, 0.3) is 5.91 Å². The minimum Gasteiger partial charge on any atom is -0.458 e. The highest BCUT2D eigenvalue weighted by Gasteiger charge is 2.39. The van der Waals surface area contributed by atoms with Gasteiger partial charge in [-0.25, -0.2) is 9.97 Å². The number of benzene rings is 1. The number of para-hydroxylation sites is 1. The second-order valence-electron chi connectivity index (χ2n) is 6.77. The topological polar surface area (TPSA) is 88.2 Å². The molecule has 1 aliphatic rings. The fourth-order valence-electron chi connectivity index (χ4n) is 3.85. The van der Waals surface area contributed by atoms with E-state index in [0.29, 0.717) is 18.7 Å². The Labute approximate surface area is 155 Å². The number of nitrogens with zero attached hydrogens (tertiary/aromatic N) is 3. The van der Waals surface area contributed by atoms with E-state index < -0.39 is 6.04 Å².